The average Bonchev–Trinajstić information content (AvgIpc) is 1.72. The van der Waals surface area contributed by atoms with Crippen LogP contribution < -0.4 is 6.15 Å². The van der Waals surface area contributed by atoms with Crippen molar-refractivity contribution in [3.05, 3.63) is 0 Å². The van der Waals surface area contributed by atoms with Gasteiger partial charge in [0, 0.05) is 19.1 Å². The summed E-state index contributed by atoms with van der Waals surface area (Å²) >= 11 is 0. The van der Waals surface area contributed by atoms with Gasteiger partial charge in [-0.05, 0) is 6.42 Å². The molecule has 8 heavy (non-hydrogen) atoms. The summed E-state index contributed by atoms with van der Waals surface area (Å²) in [5.41, 5.74) is 0. The molecule has 0 spiro atoms. The first-order chi connectivity index (χ1) is 3.35. The number of aliphatic hydroxyl groups excluding tert-OH is 2. The standard InChI is InChI=1S/C5H12O2.H3N/c1-2-5(3-6)4-7;/h5-7H,2-4H2,1H3;1H3. The van der Waals surface area contributed by atoms with E-state index in [0.29, 0.717) is 0 Å². The van der Waals surface area contributed by atoms with Gasteiger partial charge in [0.25, 0.3) is 0 Å². The number of rotatable bonds is 3. The zero-order valence-electron chi connectivity index (χ0n) is 5.30. The predicted molar refractivity (Wildman–Crippen MR) is 33.0 cm³/mol. The van der Waals surface area contributed by atoms with E-state index >= 15 is 0 Å². The van der Waals surface area contributed by atoms with Crippen molar-refractivity contribution in [1.29, 1.82) is 0 Å². The number of aliphatic hydroxyl groups is 2. The van der Waals surface area contributed by atoms with Crippen LogP contribution in [0.3, 0.4) is 0 Å². The minimum Gasteiger partial charge on any atom is -0.396 e. The summed E-state index contributed by atoms with van der Waals surface area (Å²) in [6.07, 6.45) is 0.854. The molecule has 0 heterocycles. The Bertz CT molecular complexity index is 31.9. The van der Waals surface area contributed by atoms with Crippen molar-refractivity contribution in [2.24, 2.45) is 5.92 Å². The molecule has 0 aliphatic heterocycles. The van der Waals surface area contributed by atoms with Crippen molar-refractivity contribution in [1.82, 2.24) is 6.15 Å². The molecule has 0 atom stereocenters. The third-order valence-corrected chi connectivity index (χ3v) is 1.09. The topological polar surface area (TPSA) is 75.5 Å². The minimum atomic E-state index is 0. The molecule has 0 saturated heterocycles. The fourth-order valence-corrected chi connectivity index (χ4v) is 0.316. The molecule has 5 N–H and O–H groups in total. The number of hydrogen-bond acceptors (Lipinski definition) is 3. The lowest BCUT2D eigenvalue weighted by atomic mass is 10.1. The summed E-state index contributed by atoms with van der Waals surface area (Å²) in [4.78, 5) is 0. The zero-order valence-corrected chi connectivity index (χ0v) is 5.30. The smallest absolute Gasteiger partial charge is 0.0481 e. The molecule has 3 heteroatoms. The van der Waals surface area contributed by atoms with E-state index in [-0.39, 0.29) is 25.3 Å². The lowest BCUT2D eigenvalue weighted by molar-refractivity contribution is 0.147. The Morgan fingerprint density at radius 1 is 1.25 bits per heavy atom. The largest absolute Gasteiger partial charge is 0.396 e. The van der Waals surface area contributed by atoms with Gasteiger partial charge in [0.05, 0.1) is 0 Å². The highest BCUT2D eigenvalue weighted by Crippen LogP contribution is 1.96. The molecule has 0 rings (SSSR count). The molecular formula is C5H15NO2. The van der Waals surface area contributed by atoms with Crippen molar-refractivity contribution in [2.45, 2.75) is 13.3 Å². The fraction of sp³-hybridized carbons (Fsp3) is 1.00. The van der Waals surface area contributed by atoms with E-state index in [0.717, 1.165) is 6.42 Å². The summed E-state index contributed by atoms with van der Waals surface area (Å²) in [6, 6.07) is 0. The molecule has 0 fully saturated rings. The van der Waals surface area contributed by atoms with Gasteiger partial charge in [-0.25, -0.2) is 0 Å². The summed E-state index contributed by atoms with van der Waals surface area (Å²) in [6.45, 7) is 2.15. The van der Waals surface area contributed by atoms with Crippen LogP contribution in [0.1, 0.15) is 13.3 Å². The van der Waals surface area contributed by atoms with E-state index in [9.17, 15) is 0 Å². The van der Waals surface area contributed by atoms with Crippen LogP contribution in [0.25, 0.3) is 0 Å². The SMILES string of the molecule is CCC(CO)CO.N. The van der Waals surface area contributed by atoms with Gasteiger partial charge in [-0.1, -0.05) is 6.92 Å². The second kappa shape index (κ2) is 6.88. The Labute approximate surface area is 49.9 Å². The number of hydrogen-bond donors (Lipinski definition) is 3. The molecule has 0 bridgehead atoms. The minimum absolute atomic E-state index is 0. The molecule has 0 aliphatic rings. The van der Waals surface area contributed by atoms with Crippen LogP contribution >= 0.6 is 0 Å². The van der Waals surface area contributed by atoms with Crippen molar-refractivity contribution in [3.8, 4) is 0 Å². The van der Waals surface area contributed by atoms with Crippen LogP contribution in [-0.4, -0.2) is 23.4 Å². The molecule has 3 nitrogen and oxygen atoms in total. The van der Waals surface area contributed by atoms with Gasteiger partial charge in [-0.15, -0.1) is 0 Å². The highest BCUT2D eigenvalue weighted by molar-refractivity contribution is 4.49. The van der Waals surface area contributed by atoms with E-state index in [4.69, 9.17) is 10.2 Å². The van der Waals surface area contributed by atoms with E-state index in [2.05, 4.69) is 0 Å². The summed E-state index contributed by atoms with van der Waals surface area (Å²) < 4.78 is 0. The molecule has 0 aromatic carbocycles. The van der Waals surface area contributed by atoms with E-state index < -0.39 is 0 Å². The second-order valence-corrected chi connectivity index (χ2v) is 1.64. The molecule has 0 aromatic rings. The first-order valence-corrected chi connectivity index (χ1v) is 2.56. The quantitative estimate of drug-likeness (QED) is 0.497. The Morgan fingerprint density at radius 3 is 1.62 bits per heavy atom. The molecule has 52 valence electrons. The van der Waals surface area contributed by atoms with Gasteiger partial charge in [-0.3, -0.25) is 0 Å². The summed E-state index contributed by atoms with van der Waals surface area (Å²) in [5, 5.41) is 16.7. The van der Waals surface area contributed by atoms with Gasteiger partial charge in [-0.2, -0.15) is 0 Å². The third kappa shape index (κ3) is 4.05. The molecule has 0 saturated carbocycles. The molecule has 0 unspecified atom stereocenters. The van der Waals surface area contributed by atoms with Crippen LogP contribution in [-0.2, 0) is 0 Å². The zero-order chi connectivity index (χ0) is 5.70. The van der Waals surface area contributed by atoms with Crippen LogP contribution in [0.2, 0.25) is 0 Å². The lowest BCUT2D eigenvalue weighted by Crippen LogP contribution is -2.08. The van der Waals surface area contributed by atoms with Crippen LogP contribution in [0.15, 0.2) is 0 Å². The predicted octanol–water partition coefficient (Wildman–Crippen LogP) is 0.159. The first kappa shape index (κ1) is 10.8. The Morgan fingerprint density at radius 2 is 1.62 bits per heavy atom. The van der Waals surface area contributed by atoms with Crippen LogP contribution in [0, 0.1) is 5.92 Å². The van der Waals surface area contributed by atoms with Crippen molar-refractivity contribution in [2.75, 3.05) is 13.2 Å². The van der Waals surface area contributed by atoms with E-state index in [1.807, 2.05) is 6.92 Å². The van der Waals surface area contributed by atoms with Gasteiger partial charge >= 0.3 is 0 Å². The van der Waals surface area contributed by atoms with E-state index in [1.165, 1.54) is 0 Å². The second-order valence-electron chi connectivity index (χ2n) is 1.64. The first-order valence-electron chi connectivity index (χ1n) is 2.56. The third-order valence-electron chi connectivity index (χ3n) is 1.09. The molecule has 0 amide bonds. The Hall–Kier alpha value is -0.120. The maximum absolute atomic E-state index is 8.37. The molecule has 0 aliphatic carbocycles. The summed E-state index contributed by atoms with van der Waals surface area (Å²) in [5.74, 6) is 0.0972. The molecule has 0 aromatic heterocycles. The normalized spacial score (nSPS) is 9.00. The van der Waals surface area contributed by atoms with Crippen molar-refractivity contribution in [3.63, 3.8) is 0 Å². The van der Waals surface area contributed by atoms with Crippen molar-refractivity contribution >= 4 is 0 Å². The molecule has 0 radical (unpaired) electrons. The maximum atomic E-state index is 8.37. The van der Waals surface area contributed by atoms with Crippen LogP contribution in [0.4, 0.5) is 0 Å². The monoisotopic (exact) mass is 121 g/mol. The molecular weight excluding hydrogens is 106 g/mol. The Kier molecular flexibility index (Phi) is 9.28. The van der Waals surface area contributed by atoms with Crippen molar-refractivity contribution < 1.29 is 10.2 Å². The lowest BCUT2D eigenvalue weighted by Gasteiger charge is -2.03. The van der Waals surface area contributed by atoms with E-state index in [1.54, 1.807) is 0 Å². The summed E-state index contributed by atoms with van der Waals surface area (Å²) in [7, 11) is 0. The maximum Gasteiger partial charge on any atom is 0.0481 e. The van der Waals surface area contributed by atoms with Crippen LogP contribution in [0.5, 0.6) is 0 Å². The highest BCUT2D eigenvalue weighted by Gasteiger charge is 1.98. The van der Waals surface area contributed by atoms with Gasteiger partial charge in [0.1, 0.15) is 0 Å². The fourth-order valence-electron chi connectivity index (χ4n) is 0.316. The Balaban J connectivity index is 0. The average molecular weight is 121 g/mol. The highest BCUT2D eigenvalue weighted by atomic mass is 16.3. The van der Waals surface area contributed by atoms with Gasteiger partial charge in [0.2, 0.25) is 0 Å². The van der Waals surface area contributed by atoms with Gasteiger partial charge < -0.3 is 16.4 Å². The van der Waals surface area contributed by atoms with Gasteiger partial charge in [0.15, 0.2) is 0 Å².